The van der Waals surface area contributed by atoms with Crippen molar-refractivity contribution in [2.24, 2.45) is 47.2 Å². The third-order valence-electron chi connectivity index (χ3n) is 24.7. The maximum absolute atomic E-state index is 14.4. The molecule has 4 amide bonds. The van der Waals surface area contributed by atoms with E-state index in [1.807, 2.05) is 0 Å². The number of amidine groups is 1. The van der Waals surface area contributed by atoms with Gasteiger partial charge in [-0.2, -0.15) is 4.72 Å². The number of rotatable bonds is 54. The van der Waals surface area contributed by atoms with Crippen molar-refractivity contribution in [3.05, 3.63) is 58.1 Å². The van der Waals surface area contributed by atoms with Crippen LogP contribution in [0, 0.1) is 67.6 Å². The number of hydrogen-bond acceptors (Lipinski definition) is 48. The Labute approximate surface area is 816 Å². The highest BCUT2D eigenvalue weighted by Gasteiger charge is 2.59. The Morgan fingerprint density at radius 1 is 0.504 bits per heavy atom. The molecule has 0 aromatic heterocycles. The van der Waals surface area contributed by atoms with Gasteiger partial charge in [-0.3, -0.25) is 49.7 Å². The number of nitrogens with two attached hydrogens (primary N) is 1. The largest absolute Gasteiger partial charge is 0.726 e. The molecule has 2 aromatic carbocycles. The molecule has 27 atom stereocenters. The van der Waals surface area contributed by atoms with Crippen LogP contribution < -0.4 is 36.2 Å². The second kappa shape index (κ2) is 52.1. The number of ether oxygens (including phenoxy) is 14. The van der Waals surface area contributed by atoms with Crippen molar-refractivity contribution >= 4 is 114 Å². The smallest absolute Gasteiger partial charge is 0.335 e. The highest BCUT2D eigenvalue weighted by molar-refractivity contribution is 7.89. The van der Waals surface area contributed by atoms with Gasteiger partial charge in [0, 0.05) is 68.3 Å². The number of aliphatic carboxylic acids is 2. The fourth-order valence-corrected chi connectivity index (χ4v) is 21.1. The third-order valence-corrected chi connectivity index (χ3v) is 29.1. The van der Waals surface area contributed by atoms with Gasteiger partial charge in [0.1, 0.15) is 72.5 Å². The zero-order chi connectivity index (χ0) is 105. The highest BCUT2D eigenvalue weighted by atomic mass is 32.3. The Kier molecular flexibility index (Phi) is 44.1. The lowest BCUT2D eigenvalue weighted by molar-refractivity contribution is -0.379. The minimum atomic E-state index is -6.35. The van der Waals surface area contributed by atoms with E-state index < -0.39 is 298 Å². The van der Waals surface area contributed by atoms with Crippen molar-refractivity contribution in [2.75, 3.05) is 99.4 Å². The van der Waals surface area contributed by atoms with E-state index in [1.54, 1.807) is 56.9 Å². The Bertz CT molecular complexity index is 5420. The number of likely N-dealkylation sites (tertiary alicyclic amines) is 1. The average Bonchev–Trinajstić information content (AvgIpc) is 0.758. The first kappa shape index (κ1) is 119. The summed E-state index contributed by atoms with van der Waals surface area (Å²) in [7, 11) is -38.3. The third kappa shape index (κ3) is 36.0. The summed E-state index contributed by atoms with van der Waals surface area (Å²) in [5.74, 6) is -14.9. The molecule has 806 valence electrons. The second-order valence-electron chi connectivity index (χ2n) is 34.5. The first-order chi connectivity index (χ1) is 65.6. The maximum Gasteiger partial charge on any atom is 0.335 e. The van der Waals surface area contributed by atoms with E-state index in [1.165, 1.54) is 54.7 Å². The molecule has 6 heterocycles. The molecule has 0 radical (unpaired) electrons. The summed E-state index contributed by atoms with van der Waals surface area (Å²) in [4.78, 5) is 83.1. The number of aryl methyl sites for hydroxylation is 1. The highest BCUT2D eigenvalue weighted by Crippen LogP contribution is 2.45. The molecule has 0 saturated carbocycles. The summed E-state index contributed by atoms with van der Waals surface area (Å²) in [6, 6.07) is 5.06. The molecule has 141 heavy (non-hydrogen) atoms. The summed E-state index contributed by atoms with van der Waals surface area (Å²) < 4.78 is 359. The van der Waals surface area contributed by atoms with Crippen LogP contribution >= 0.6 is 0 Å². The van der Waals surface area contributed by atoms with E-state index in [2.05, 4.69) is 41.6 Å². The van der Waals surface area contributed by atoms with Crippen LogP contribution in [-0.4, -0.2) is 360 Å². The SMILES string of the molecule is COc1cc(C)c(S(=O)(=O)NC(CC(=O)NCCCC(=O)NCCOCCOCCOCCOC2C(COS(=O)(=O)[O-])OC(OC3C(C(=O)O)OC(OC4C(COS(=O)(=O)[O-])OC(OC5C(C(=O)[O-])OC(OC6C(COS(=O)(=O)[O-])OC(C)C(OS(=O)(=O)[O-])C6C)C(C)C5C)C(OS(=O)(=O)[O-])C4OS(=O)(=O)[O-])C(C)C3C)C(C)C2C)C(=O)NC(Cc2ccc(C(=N)N)cc2)C(=O)N2CCCCC2)c(C)c1C. The quantitative estimate of drug-likeness (QED) is 0.0108. The minimum Gasteiger partial charge on any atom is -0.726 e. The molecule has 0 spiro atoms. The van der Waals surface area contributed by atoms with Gasteiger partial charge in [0.15, 0.2) is 37.4 Å². The summed E-state index contributed by atoms with van der Waals surface area (Å²) in [5, 5.41) is 39.8. The number of nitrogens with one attached hydrogen (secondary N) is 5. The fourth-order valence-electron chi connectivity index (χ4n) is 16.9. The molecule has 6 fully saturated rings. The molecule has 0 bridgehead atoms. The molecule has 62 heteroatoms. The maximum atomic E-state index is 14.4. The van der Waals surface area contributed by atoms with Crippen molar-refractivity contribution in [3.8, 4) is 5.75 Å². The first-order valence-electron chi connectivity index (χ1n) is 44.2. The topological polar surface area (TPSA) is 809 Å². The standard InChI is InChI=1S/C79H125N7O48S7/c1-39-33-54(115-12)40(2)44(6)70(39)135(95,96)85-52(72(89)84-53(73(90)86-24-14-13-15-25-86)34-50-18-20-51(21-19-50)71(80)81)35-59(88)82-22-16-17-58(87)83-23-26-116-27-28-117-29-30-118-31-32-119-61-41(3)45(7)76(124-55(61)36-120-136(97,98)99)127-63-42(4)47(9)78(131-67(63)74(91)92)129-65-57(38-122-138(103,104)105)125-79(69(134-141(112,113)114)66(65)133-140(109,110)111)128-64-43(5)46(8)77(130-68(64)75(93)94)126-62-48(10)60(132-139(106,107)108)49(11)123-56(62)37-121-137(100,101)102/h18-21,33,41-43,45-49,52-53,55-57,60-69,76-79,85H,13-17,22-32,34-38H2,1-12H3,(H3,80,81)(H,82,88)(H,83,87)(H,84,89)(H,91,92)(H,93,94)(H,97,98,99)(H,100,101,102)(H,103,104,105)(H,106,107,108)(H,109,110,111)(H,112,113,114)/p-7. The van der Waals surface area contributed by atoms with Crippen LogP contribution in [0.2, 0.25) is 0 Å². The molecule has 6 saturated heterocycles. The zero-order valence-electron chi connectivity index (χ0n) is 78.3. The van der Waals surface area contributed by atoms with E-state index in [9.17, 15) is 125 Å². The molecule has 0 aliphatic carbocycles. The van der Waals surface area contributed by atoms with E-state index in [4.69, 9.17) is 81.6 Å². The Morgan fingerprint density at radius 3 is 1.48 bits per heavy atom. The van der Waals surface area contributed by atoms with Crippen LogP contribution in [0.25, 0.3) is 0 Å². The van der Waals surface area contributed by atoms with E-state index in [-0.39, 0.29) is 94.9 Å². The summed E-state index contributed by atoms with van der Waals surface area (Å²) in [6.45, 7) is 12.1. The second-order valence-corrected chi connectivity index (χ2v) is 42.3. The van der Waals surface area contributed by atoms with Crippen molar-refractivity contribution in [1.29, 1.82) is 5.41 Å². The Morgan fingerprint density at radius 2 is 0.957 bits per heavy atom. The molecule has 55 nitrogen and oxygen atoms in total. The number of carbonyl (C=O) groups is 6. The fraction of sp³-hybridized carbons (Fsp3) is 0.759. The Hall–Kier alpha value is -6.86. The number of methoxy groups -OCH3 is 1. The molecule has 8 N–H and O–H groups in total. The van der Waals surface area contributed by atoms with Crippen molar-refractivity contribution in [1.82, 2.24) is 25.6 Å². The predicted molar refractivity (Wildman–Crippen MR) is 463 cm³/mol. The van der Waals surface area contributed by atoms with Gasteiger partial charge in [0.05, 0.1) is 115 Å². The van der Waals surface area contributed by atoms with Gasteiger partial charge in [-0.1, -0.05) is 72.7 Å². The van der Waals surface area contributed by atoms with Gasteiger partial charge < -0.3 is 135 Å². The molecular weight excluding hydrogens is 2040 g/mol. The molecule has 8 rings (SSSR count). The lowest BCUT2D eigenvalue weighted by atomic mass is 9.82. The zero-order valence-corrected chi connectivity index (χ0v) is 84.1. The van der Waals surface area contributed by atoms with E-state index in [0.717, 1.165) is 26.2 Å². The first-order valence-corrected chi connectivity index (χ1v) is 53.7. The lowest BCUT2D eigenvalue weighted by Crippen LogP contribution is -2.67. The number of carboxylic acid groups (broad SMARTS) is 2. The van der Waals surface area contributed by atoms with Crippen LogP contribution in [0.15, 0.2) is 35.2 Å². The van der Waals surface area contributed by atoms with Crippen molar-refractivity contribution in [2.45, 2.75) is 249 Å². The van der Waals surface area contributed by atoms with E-state index >= 15 is 0 Å². The summed E-state index contributed by atoms with van der Waals surface area (Å²) in [6.07, 6.45) is -36.3. The number of amides is 4. The monoisotopic (exact) mass is 2160 g/mol. The van der Waals surface area contributed by atoms with Gasteiger partial charge in [-0.15, -0.1) is 0 Å². The van der Waals surface area contributed by atoms with Gasteiger partial charge >= 0.3 is 5.97 Å². The average molecular weight is 2160 g/mol. The van der Waals surface area contributed by atoms with Crippen LogP contribution in [0.5, 0.6) is 5.75 Å². The van der Waals surface area contributed by atoms with Gasteiger partial charge in [0.2, 0.25) is 96.0 Å². The summed E-state index contributed by atoms with van der Waals surface area (Å²) in [5.41, 5.74) is 7.81. The normalized spacial score (nSPS) is 29.9. The molecule has 27 unspecified atom stereocenters. The number of sulfonamides is 1. The number of hydrogen-bond donors (Lipinski definition) is 7. The number of carboxylic acids is 2. The van der Waals surface area contributed by atoms with Crippen molar-refractivity contribution in [3.63, 3.8) is 0 Å². The van der Waals surface area contributed by atoms with Crippen LogP contribution in [0.1, 0.15) is 122 Å². The number of benzene rings is 2. The van der Waals surface area contributed by atoms with Gasteiger partial charge in [-0.25, -0.2) is 63.7 Å². The van der Waals surface area contributed by atoms with E-state index in [0.29, 0.717) is 41.1 Å². The van der Waals surface area contributed by atoms with Crippen LogP contribution in [0.3, 0.4) is 0 Å². The predicted octanol–water partition coefficient (Wildman–Crippen LogP) is -4.39. The van der Waals surface area contributed by atoms with Crippen LogP contribution in [-0.2, 0) is 194 Å². The molecule has 6 aliphatic heterocycles. The minimum absolute atomic E-state index is 0.00794. The Balaban J connectivity index is 0.827. The molecular formula is C79H118N7O48S7-7. The number of nitrogens with zero attached hydrogens (tertiary/aromatic N) is 1. The lowest BCUT2D eigenvalue weighted by Gasteiger charge is -2.52. The van der Waals surface area contributed by atoms with Crippen LogP contribution in [0.4, 0.5) is 0 Å². The summed E-state index contributed by atoms with van der Waals surface area (Å²) >= 11 is 0. The number of carbonyl (C=O) groups excluding carboxylic acids is 5. The number of nitrogen functional groups attached to an aromatic ring is 1. The van der Waals surface area contributed by atoms with Gasteiger partial charge in [-0.05, 0) is 99.5 Å². The van der Waals surface area contributed by atoms with Gasteiger partial charge in [0.25, 0.3) is 0 Å². The molecule has 2 aromatic rings. The van der Waals surface area contributed by atoms with Crippen molar-refractivity contribution < 1.29 is 217 Å². The molecule has 6 aliphatic rings. The number of piperidine rings is 1.